The van der Waals surface area contributed by atoms with Gasteiger partial charge in [0, 0.05) is 31.2 Å². The predicted molar refractivity (Wildman–Crippen MR) is 75.4 cm³/mol. The van der Waals surface area contributed by atoms with Crippen LogP contribution in [0.5, 0.6) is 0 Å². The number of hydrogen-bond acceptors (Lipinski definition) is 3. The zero-order chi connectivity index (χ0) is 15.2. The van der Waals surface area contributed by atoms with Gasteiger partial charge in [-0.1, -0.05) is 0 Å². The Kier molecular flexibility index (Phi) is 3.75. The topological polar surface area (TPSA) is 49.4 Å². The number of nitrogens with one attached hydrogen (secondary N) is 1. The smallest absolute Gasteiger partial charge is 0.208 e. The van der Waals surface area contributed by atoms with Gasteiger partial charge in [0.2, 0.25) is 10.0 Å². The number of rotatable bonds is 3. The molecule has 1 aliphatic carbocycles. The van der Waals surface area contributed by atoms with Crippen LogP contribution in [0.3, 0.4) is 0 Å². The molecule has 0 saturated carbocycles. The lowest BCUT2D eigenvalue weighted by atomic mass is 10.1. The van der Waals surface area contributed by atoms with E-state index in [2.05, 4.69) is 9.62 Å². The summed E-state index contributed by atoms with van der Waals surface area (Å²) in [6.45, 7) is 1.31. The Labute approximate surface area is 123 Å². The highest BCUT2D eigenvalue weighted by molar-refractivity contribution is 7.88. The molecule has 21 heavy (non-hydrogen) atoms. The predicted octanol–water partition coefficient (Wildman–Crippen LogP) is 1.58. The van der Waals surface area contributed by atoms with Gasteiger partial charge >= 0.3 is 0 Å². The minimum Gasteiger partial charge on any atom is -0.295 e. The van der Waals surface area contributed by atoms with Crippen LogP contribution in [0, 0.1) is 11.6 Å². The molecule has 1 heterocycles. The number of halogens is 2. The second kappa shape index (κ2) is 5.30. The molecule has 1 fully saturated rings. The van der Waals surface area contributed by atoms with Crippen molar-refractivity contribution >= 4 is 10.0 Å². The van der Waals surface area contributed by atoms with Crippen molar-refractivity contribution in [2.24, 2.45) is 0 Å². The fourth-order valence-electron chi connectivity index (χ4n) is 3.47. The summed E-state index contributed by atoms with van der Waals surface area (Å²) in [6.07, 6.45) is 3.22. The van der Waals surface area contributed by atoms with Crippen LogP contribution in [0.2, 0.25) is 0 Å². The van der Waals surface area contributed by atoms with Gasteiger partial charge in [0.15, 0.2) is 0 Å². The third-order valence-corrected chi connectivity index (χ3v) is 5.02. The number of sulfonamides is 1. The molecule has 1 saturated heterocycles. The Morgan fingerprint density at radius 2 is 2.05 bits per heavy atom. The van der Waals surface area contributed by atoms with Crippen molar-refractivity contribution in [3.05, 3.63) is 34.9 Å². The summed E-state index contributed by atoms with van der Waals surface area (Å²) < 4.78 is 52.3. The molecular formula is C14H18F2N2O2S. The van der Waals surface area contributed by atoms with E-state index in [1.54, 1.807) is 0 Å². The normalized spacial score (nSPS) is 26.2. The van der Waals surface area contributed by atoms with E-state index < -0.39 is 21.7 Å². The summed E-state index contributed by atoms with van der Waals surface area (Å²) in [5.74, 6) is -1.03. The van der Waals surface area contributed by atoms with Crippen molar-refractivity contribution in [2.75, 3.05) is 19.3 Å². The van der Waals surface area contributed by atoms with Gasteiger partial charge in [-0.25, -0.2) is 21.9 Å². The third-order valence-electron chi connectivity index (χ3n) is 4.26. The fraction of sp³-hybridized carbons (Fsp3) is 0.571. The maximum atomic E-state index is 13.8. The Balaban J connectivity index is 1.77. The van der Waals surface area contributed by atoms with Gasteiger partial charge in [-0.3, -0.25) is 4.90 Å². The molecule has 1 aliphatic heterocycles. The van der Waals surface area contributed by atoms with Gasteiger partial charge in [-0.2, -0.15) is 0 Å². The molecule has 3 rings (SSSR count). The molecule has 2 aliphatic rings. The van der Waals surface area contributed by atoms with Crippen molar-refractivity contribution in [3.63, 3.8) is 0 Å². The van der Waals surface area contributed by atoms with Crippen LogP contribution in [0.4, 0.5) is 8.78 Å². The molecule has 1 aromatic carbocycles. The quantitative estimate of drug-likeness (QED) is 0.921. The largest absolute Gasteiger partial charge is 0.295 e. The number of benzene rings is 1. The lowest BCUT2D eigenvalue weighted by Crippen LogP contribution is -2.36. The van der Waals surface area contributed by atoms with Crippen molar-refractivity contribution in [3.8, 4) is 0 Å². The first kappa shape index (κ1) is 14.9. The van der Waals surface area contributed by atoms with Crippen molar-refractivity contribution in [1.29, 1.82) is 0 Å². The molecule has 0 bridgehead atoms. The van der Waals surface area contributed by atoms with Crippen LogP contribution in [0.25, 0.3) is 0 Å². The van der Waals surface area contributed by atoms with Gasteiger partial charge in [-0.15, -0.1) is 0 Å². The number of likely N-dealkylation sites (tertiary alicyclic amines) is 1. The highest BCUT2D eigenvalue weighted by atomic mass is 32.2. The van der Waals surface area contributed by atoms with E-state index in [1.165, 1.54) is 6.07 Å². The molecule has 0 aromatic heterocycles. The first-order valence-corrected chi connectivity index (χ1v) is 8.92. The van der Waals surface area contributed by atoms with Crippen LogP contribution < -0.4 is 4.72 Å². The summed E-state index contributed by atoms with van der Waals surface area (Å²) in [5, 5.41) is 0. The Morgan fingerprint density at radius 3 is 2.76 bits per heavy atom. The van der Waals surface area contributed by atoms with E-state index >= 15 is 0 Å². The van der Waals surface area contributed by atoms with Gasteiger partial charge in [0.25, 0.3) is 0 Å². The Hall–Kier alpha value is -1.05. The lowest BCUT2D eigenvalue weighted by Gasteiger charge is -2.25. The van der Waals surface area contributed by atoms with Gasteiger partial charge in [-0.05, 0) is 36.5 Å². The van der Waals surface area contributed by atoms with Gasteiger partial charge in [0.1, 0.15) is 11.6 Å². The summed E-state index contributed by atoms with van der Waals surface area (Å²) in [5.41, 5.74) is 1.31. The standard InChI is InChI=1S/C14H18F2N2O2S/c1-21(19,20)17-10-4-5-18(8-10)14-3-2-11-12(14)6-9(15)7-13(11)16/h6-7,10,14,17H,2-5,8H2,1H3/t10-,14+/m1/s1. The minimum absolute atomic E-state index is 0.0171. The van der Waals surface area contributed by atoms with Gasteiger partial charge < -0.3 is 0 Å². The van der Waals surface area contributed by atoms with E-state index in [1.807, 2.05) is 0 Å². The first-order chi connectivity index (χ1) is 9.83. The molecule has 7 heteroatoms. The van der Waals surface area contributed by atoms with Gasteiger partial charge in [0.05, 0.1) is 6.26 Å². The van der Waals surface area contributed by atoms with E-state index in [0.717, 1.165) is 31.7 Å². The summed E-state index contributed by atoms with van der Waals surface area (Å²) >= 11 is 0. The molecule has 1 N–H and O–H groups in total. The Morgan fingerprint density at radius 1 is 1.29 bits per heavy atom. The van der Waals surface area contributed by atoms with E-state index in [4.69, 9.17) is 0 Å². The molecule has 0 spiro atoms. The zero-order valence-corrected chi connectivity index (χ0v) is 12.6. The third kappa shape index (κ3) is 3.09. The van der Waals surface area contributed by atoms with E-state index in [0.29, 0.717) is 24.1 Å². The van der Waals surface area contributed by atoms with E-state index in [-0.39, 0.29) is 12.1 Å². The summed E-state index contributed by atoms with van der Waals surface area (Å²) in [4.78, 5) is 2.12. The maximum Gasteiger partial charge on any atom is 0.208 e. The molecule has 116 valence electrons. The molecular weight excluding hydrogens is 298 g/mol. The van der Waals surface area contributed by atoms with Crippen molar-refractivity contribution in [1.82, 2.24) is 9.62 Å². The van der Waals surface area contributed by atoms with Crippen LogP contribution in [0.1, 0.15) is 30.0 Å². The maximum absolute atomic E-state index is 13.8. The highest BCUT2D eigenvalue weighted by Gasteiger charge is 2.35. The monoisotopic (exact) mass is 316 g/mol. The number of fused-ring (bicyclic) bond motifs is 1. The molecule has 4 nitrogen and oxygen atoms in total. The van der Waals surface area contributed by atoms with E-state index in [9.17, 15) is 17.2 Å². The van der Waals surface area contributed by atoms with Crippen LogP contribution in [-0.2, 0) is 16.4 Å². The zero-order valence-electron chi connectivity index (χ0n) is 11.8. The number of hydrogen-bond donors (Lipinski definition) is 1. The molecule has 0 radical (unpaired) electrons. The Bertz CT molecular complexity index is 663. The SMILES string of the molecule is CS(=O)(=O)N[C@@H]1CCN([C@H]2CCc3c(F)cc(F)cc32)C1. The first-order valence-electron chi connectivity index (χ1n) is 7.02. The summed E-state index contributed by atoms with van der Waals surface area (Å²) in [6, 6.07) is 2.20. The average molecular weight is 316 g/mol. The number of nitrogens with zero attached hydrogens (tertiary/aromatic N) is 1. The molecule has 0 amide bonds. The second-order valence-corrected chi connectivity index (χ2v) is 7.66. The van der Waals surface area contributed by atoms with Crippen LogP contribution in [0.15, 0.2) is 12.1 Å². The van der Waals surface area contributed by atoms with Crippen LogP contribution in [-0.4, -0.2) is 38.7 Å². The summed E-state index contributed by atoms with van der Waals surface area (Å²) in [7, 11) is -3.23. The van der Waals surface area contributed by atoms with Crippen molar-refractivity contribution < 1.29 is 17.2 Å². The molecule has 1 aromatic rings. The molecule has 0 unspecified atom stereocenters. The average Bonchev–Trinajstić information content (AvgIpc) is 2.93. The molecule has 2 atom stereocenters. The minimum atomic E-state index is -3.23. The van der Waals surface area contributed by atoms with Crippen molar-refractivity contribution in [2.45, 2.75) is 31.3 Å². The van der Waals surface area contributed by atoms with Crippen LogP contribution >= 0.6 is 0 Å². The second-order valence-electron chi connectivity index (χ2n) is 5.88. The highest BCUT2D eigenvalue weighted by Crippen LogP contribution is 2.39. The lowest BCUT2D eigenvalue weighted by molar-refractivity contribution is 0.240. The fourth-order valence-corrected chi connectivity index (χ4v) is 4.27.